The third kappa shape index (κ3) is 1.32. The second-order valence-corrected chi connectivity index (χ2v) is 1.89. The molecule has 2 heteroatoms. The van der Waals surface area contributed by atoms with E-state index >= 15 is 0 Å². The van der Waals surface area contributed by atoms with E-state index in [1.807, 2.05) is 19.1 Å². The molecule has 0 aliphatic heterocycles. The van der Waals surface area contributed by atoms with Gasteiger partial charge in [0.05, 0.1) is 0 Å². The zero-order valence-electron chi connectivity index (χ0n) is 5.46. The highest BCUT2D eigenvalue weighted by atomic mass is 14.7. The Bertz CT molecular complexity index is 198. The number of aryl methyl sites for hydroxylation is 1. The van der Waals surface area contributed by atoms with Crippen LogP contribution < -0.4 is 5.46 Å². The highest BCUT2D eigenvalue weighted by Gasteiger charge is 1.90. The first kappa shape index (κ1) is 6.34. The quantitative estimate of drug-likeness (QED) is 0.486. The second-order valence-electron chi connectivity index (χ2n) is 1.89. The molecule has 9 heavy (non-hydrogen) atoms. The van der Waals surface area contributed by atoms with Crippen LogP contribution in [0.1, 0.15) is 12.6 Å². The Kier molecular flexibility index (Phi) is 1.88. The Labute approximate surface area is 56.5 Å². The summed E-state index contributed by atoms with van der Waals surface area (Å²) in [5.41, 5.74) is 1.78. The molecule has 0 bridgehead atoms. The van der Waals surface area contributed by atoms with E-state index in [2.05, 4.69) is 4.98 Å². The molecule has 1 nitrogen and oxygen atoms in total. The summed E-state index contributed by atoms with van der Waals surface area (Å²) in [5.74, 6) is 0. The van der Waals surface area contributed by atoms with Crippen LogP contribution in [0.15, 0.2) is 18.3 Å². The summed E-state index contributed by atoms with van der Waals surface area (Å²) in [6, 6.07) is 3.71. The van der Waals surface area contributed by atoms with Crippen LogP contribution in [0.3, 0.4) is 0 Å². The van der Waals surface area contributed by atoms with E-state index in [4.69, 9.17) is 7.85 Å². The summed E-state index contributed by atoms with van der Waals surface area (Å²) >= 11 is 0. The smallest absolute Gasteiger partial charge is 0.116 e. The van der Waals surface area contributed by atoms with Gasteiger partial charge in [0.25, 0.3) is 0 Å². The predicted molar refractivity (Wildman–Crippen MR) is 39.0 cm³/mol. The highest BCUT2D eigenvalue weighted by molar-refractivity contribution is 6.33. The minimum atomic E-state index is 0.792. The van der Waals surface area contributed by atoms with E-state index in [-0.39, 0.29) is 0 Å². The van der Waals surface area contributed by atoms with Crippen LogP contribution in [0.2, 0.25) is 0 Å². The lowest BCUT2D eigenvalue weighted by atomic mass is 9.93. The number of nitrogens with zero attached hydrogens (tertiary/aromatic N) is 1. The fraction of sp³-hybridized carbons (Fsp3) is 0.286. The van der Waals surface area contributed by atoms with Crippen LogP contribution in [-0.4, -0.2) is 12.8 Å². The van der Waals surface area contributed by atoms with Crippen LogP contribution in [0.25, 0.3) is 0 Å². The second kappa shape index (κ2) is 2.67. The van der Waals surface area contributed by atoms with Crippen molar-refractivity contribution >= 4 is 13.3 Å². The van der Waals surface area contributed by atoms with E-state index in [1.165, 1.54) is 0 Å². The molecule has 0 spiro atoms. The topological polar surface area (TPSA) is 12.9 Å². The lowest BCUT2D eigenvalue weighted by Crippen LogP contribution is -2.10. The SMILES string of the molecule is [B]c1cccnc1CC. The predicted octanol–water partition coefficient (Wildman–Crippen LogP) is 0.438. The molecule has 1 heterocycles. The van der Waals surface area contributed by atoms with Crippen molar-refractivity contribution in [2.75, 3.05) is 0 Å². The number of aromatic nitrogens is 1. The fourth-order valence-corrected chi connectivity index (χ4v) is 0.746. The fourth-order valence-electron chi connectivity index (χ4n) is 0.746. The van der Waals surface area contributed by atoms with Gasteiger partial charge in [-0.05, 0) is 12.5 Å². The van der Waals surface area contributed by atoms with Crippen molar-refractivity contribution in [2.45, 2.75) is 13.3 Å². The molecule has 0 aliphatic rings. The van der Waals surface area contributed by atoms with E-state index < -0.39 is 0 Å². The molecule has 2 radical (unpaired) electrons. The Morgan fingerprint density at radius 1 is 1.67 bits per heavy atom. The van der Waals surface area contributed by atoms with Gasteiger partial charge in [0, 0.05) is 11.9 Å². The summed E-state index contributed by atoms with van der Waals surface area (Å²) in [4.78, 5) is 4.07. The first-order valence-electron chi connectivity index (χ1n) is 3.04. The number of hydrogen-bond donors (Lipinski definition) is 0. The first-order chi connectivity index (χ1) is 4.34. The molecule has 0 N–H and O–H groups in total. The van der Waals surface area contributed by atoms with Crippen molar-refractivity contribution in [1.82, 2.24) is 4.98 Å². The molecule has 1 rings (SSSR count). The molecule has 0 atom stereocenters. The molecule has 0 saturated carbocycles. The molecule has 0 amide bonds. The zero-order valence-corrected chi connectivity index (χ0v) is 5.46. The van der Waals surface area contributed by atoms with Crippen LogP contribution in [0.5, 0.6) is 0 Å². The van der Waals surface area contributed by atoms with E-state index in [9.17, 15) is 0 Å². The average molecular weight is 117 g/mol. The third-order valence-electron chi connectivity index (χ3n) is 1.26. The minimum absolute atomic E-state index is 0.792. The molecule has 0 fully saturated rings. The summed E-state index contributed by atoms with van der Waals surface area (Å²) < 4.78 is 0. The molecule has 0 aliphatic carbocycles. The Morgan fingerprint density at radius 2 is 2.44 bits per heavy atom. The van der Waals surface area contributed by atoms with Crippen LogP contribution >= 0.6 is 0 Å². The Morgan fingerprint density at radius 3 is 2.89 bits per heavy atom. The maximum absolute atomic E-state index is 5.57. The zero-order chi connectivity index (χ0) is 6.69. The first-order valence-corrected chi connectivity index (χ1v) is 3.04. The standard InChI is InChI=1S/C7H8BN/c1-2-7-6(8)4-3-5-9-7/h3-5H,2H2,1H3. The van der Waals surface area contributed by atoms with Crippen LogP contribution in [-0.2, 0) is 6.42 Å². The van der Waals surface area contributed by atoms with Gasteiger partial charge in [-0.3, -0.25) is 4.98 Å². The lowest BCUT2D eigenvalue weighted by Gasteiger charge is -1.97. The van der Waals surface area contributed by atoms with Gasteiger partial charge in [0.2, 0.25) is 0 Å². The summed E-state index contributed by atoms with van der Waals surface area (Å²) in [5, 5.41) is 0. The monoisotopic (exact) mass is 117 g/mol. The van der Waals surface area contributed by atoms with Crippen molar-refractivity contribution in [3.63, 3.8) is 0 Å². The lowest BCUT2D eigenvalue weighted by molar-refractivity contribution is 1.05. The maximum atomic E-state index is 5.57. The number of pyridine rings is 1. The van der Waals surface area contributed by atoms with Crippen molar-refractivity contribution in [3.8, 4) is 0 Å². The van der Waals surface area contributed by atoms with Crippen molar-refractivity contribution in [1.29, 1.82) is 0 Å². The molecule has 0 saturated heterocycles. The van der Waals surface area contributed by atoms with Gasteiger partial charge in [-0.1, -0.05) is 18.5 Å². The largest absolute Gasteiger partial charge is 0.262 e. The molecular formula is C7H8BN. The molecule has 44 valence electrons. The molecular weight excluding hydrogens is 109 g/mol. The highest BCUT2D eigenvalue weighted by Crippen LogP contribution is 1.87. The van der Waals surface area contributed by atoms with Gasteiger partial charge in [-0.2, -0.15) is 0 Å². The van der Waals surface area contributed by atoms with Crippen LogP contribution in [0.4, 0.5) is 0 Å². The third-order valence-corrected chi connectivity index (χ3v) is 1.26. The van der Waals surface area contributed by atoms with Gasteiger partial charge >= 0.3 is 0 Å². The van der Waals surface area contributed by atoms with Crippen LogP contribution in [0, 0.1) is 0 Å². The maximum Gasteiger partial charge on any atom is 0.116 e. The van der Waals surface area contributed by atoms with Gasteiger partial charge in [-0.25, -0.2) is 0 Å². The van der Waals surface area contributed by atoms with Crippen molar-refractivity contribution in [3.05, 3.63) is 24.0 Å². The number of hydrogen-bond acceptors (Lipinski definition) is 1. The van der Waals surface area contributed by atoms with Crippen molar-refractivity contribution < 1.29 is 0 Å². The minimum Gasteiger partial charge on any atom is -0.262 e. The summed E-state index contributed by atoms with van der Waals surface area (Å²) in [6.45, 7) is 2.04. The molecule has 1 aromatic heterocycles. The van der Waals surface area contributed by atoms with Gasteiger partial charge in [0.1, 0.15) is 7.85 Å². The molecule has 0 aromatic carbocycles. The summed E-state index contributed by atoms with van der Waals surface area (Å²) in [7, 11) is 5.57. The van der Waals surface area contributed by atoms with Gasteiger partial charge in [-0.15, -0.1) is 0 Å². The molecule has 1 aromatic rings. The van der Waals surface area contributed by atoms with Crippen molar-refractivity contribution in [2.24, 2.45) is 0 Å². The normalized spacial score (nSPS) is 9.44. The van der Waals surface area contributed by atoms with E-state index in [0.717, 1.165) is 17.6 Å². The van der Waals surface area contributed by atoms with Gasteiger partial charge in [0.15, 0.2) is 0 Å². The summed E-state index contributed by atoms with van der Waals surface area (Å²) in [6.07, 6.45) is 2.67. The van der Waals surface area contributed by atoms with E-state index in [0.29, 0.717) is 0 Å². The Balaban J connectivity index is 3.01. The van der Waals surface area contributed by atoms with Gasteiger partial charge < -0.3 is 0 Å². The Hall–Kier alpha value is -0.785. The average Bonchev–Trinajstić information content (AvgIpc) is 1.89. The number of rotatable bonds is 1. The van der Waals surface area contributed by atoms with E-state index in [1.54, 1.807) is 6.20 Å². The molecule has 0 unspecified atom stereocenters.